The Labute approximate surface area is 336 Å². The zero-order valence-corrected chi connectivity index (χ0v) is 31.4. The average molecular weight is 739 g/mol. The second-order valence-corrected chi connectivity index (χ2v) is 15.2. The van der Waals surface area contributed by atoms with Crippen LogP contribution < -0.4 is 0 Å². The molecule has 0 aliphatic heterocycles. The molecule has 0 radical (unpaired) electrons. The Bertz CT molecular complexity index is 3240. The first kappa shape index (κ1) is 32.6. The molecule has 3 heteroatoms. The van der Waals surface area contributed by atoms with Crippen LogP contribution in [0.2, 0.25) is 0 Å². The van der Waals surface area contributed by atoms with E-state index >= 15 is 0 Å². The smallest absolute Gasteiger partial charge is 0.160 e. The van der Waals surface area contributed by atoms with E-state index in [-0.39, 0.29) is 0 Å². The predicted molar refractivity (Wildman–Crippen MR) is 235 cm³/mol. The molecular weight excluding hydrogens is 705 g/mol. The topological polar surface area (TPSA) is 38.9 Å². The number of furan rings is 1. The minimum atomic E-state index is -0.560. The zero-order chi connectivity index (χ0) is 38.2. The molecule has 0 fully saturated rings. The lowest BCUT2D eigenvalue weighted by molar-refractivity contribution is 0.507. The van der Waals surface area contributed by atoms with Crippen molar-refractivity contribution in [1.82, 2.24) is 9.97 Å². The van der Waals surface area contributed by atoms with Crippen molar-refractivity contribution in [2.24, 2.45) is 0 Å². The Balaban J connectivity index is 1.05. The largest absolute Gasteiger partial charge is 0.459 e. The quantitative estimate of drug-likeness (QED) is 0.176. The van der Waals surface area contributed by atoms with E-state index in [9.17, 15) is 0 Å². The highest BCUT2D eigenvalue weighted by Crippen LogP contribution is 2.64. The van der Waals surface area contributed by atoms with Crippen molar-refractivity contribution in [3.8, 4) is 78.4 Å². The molecule has 8 aromatic carbocycles. The minimum Gasteiger partial charge on any atom is -0.459 e. The van der Waals surface area contributed by atoms with Crippen molar-refractivity contribution in [1.29, 1.82) is 0 Å². The lowest BCUT2D eigenvalue weighted by atomic mass is 9.73. The highest BCUT2D eigenvalue weighted by atomic mass is 16.3. The summed E-state index contributed by atoms with van der Waals surface area (Å²) in [4.78, 5) is 10.5. The second-order valence-electron chi connectivity index (χ2n) is 15.2. The van der Waals surface area contributed by atoms with E-state index in [0.29, 0.717) is 5.82 Å². The van der Waals surface area contributed by atoms with Crippen LogP contribution in [0.3, 0.4) is 0 Å². The van der Waals surface area contributed by atoms with Gasteiger partial charge in [-0.3, -0.25) is 0 Å². The first-order valence-corrected chi connectivity index (χ1v) is 19.8. The van der Waals surface area contributed by atoms with Crippen LogP contribution in [-0.4, -0.2) is 9.97 Å². The molecule has 1 atom stereocenters. The molecule has 0 saturated heterocycles. The SMILES string of the molecule is c1ccc(-c2cccc(-c3cc(-c4ccccc4-c4ccc5c(c4)-c4ccccc4C54c5ccccc5-c5c4oc4ccccc54)nc(-c4ccccc4)n3)c2)cc1. The first-order chi connectivity index (χ1) is 28.8. The van der Waals surface area contributed by atoms with Crippen LogP contribution in [0.1, 0.15) is 22.5 Å². The van der Waals surface area contributed by atoms with Gasteiger partial charge in [0.15, 0.2) is 5.82 Å². The summed E-state index contributed by atoms with van der Waals surface area (Å²) in [7, 11) is 0. The maximum atomic E-state index is 6.95. The highest BCUT2D eigenvalue weighted by Gasteiger charge is 2.54. The van der Waals surface area contributed by atoms with Crippen LogP contribution in [0.4, 0.5) is 0 Å². The van der Waals surface area contributed by atoms with Gasteiger partial charge in [0.1, 0.15) is 16.8 Å². The number of benzene rings is 8. The molecule has 2 heterocycles. The minimum absolute atomic E-state index is 0.560. The summed E-state index contributed by atoms with van der Waals surface area (Å²) in [5.41, 5.74) is 18.4. The van der Waals surface area contributed by atoms with Gasteiger partial charge in [-0.2, -0.15) is 0 Å². The van der Waals surface area contributed by atoms with Crippen molar-refractivity contribution in [2.75, 3.05) is 0 Å². The number of para-hydroxylation sites is 1. The fraction of sp³-hybridized carbons (Fsp3) is 0.0182. The summed E-state index contributed by atoms with van der Waals surface area (Å²) in [6.45, 7) is 0. The normalized spacial score (nSPS) is 14.6. The number of aromatic nitrogens is 2. The third-order valence-electron chi connectivity index (χ3n) is 12.1. The van der Waals surface area contributed by atoms with Gasteiger partial charge < -0.3 is 4.42 Å². The predicted octanol–water partition coefficient (Wildman–Crippen LogP) is 13.9. The van der Waals surface area contributed by atoms with Crippen LogP contribution in [0.15, 0.2) is 211 Å². The summed E-state index contributed by atoms with van der Waals surface area (Å²) in [5.74, 6) is 1.70. The number of fused-ring (bicyclic) bond motifs is 12. The third-order valence-corrected chi connectivity index (χ3v) is 12.1. The van der Waals surface area contributed by atoms with Crippen molar-refractivity contribution in [3.63, 3.8) is 0 Å². The molecule has 0 bridgehead atoms. The Hall–Kier alpha value is -7.62. The number of nitrogens with zero attached hydrogens (tertiary/aromatic N) is 2. The molecular formula is C55H34N2O. The Morgan fingerprint density at radius 1 is 0.345 bits per heavy atom. The monoisotopic (exact) mass is 738 g/mol. The summed E-state index contributed by atoms with van der Waals surface area (Å²) in [6, 6.07) is 73.4. The molecule has 0 saturated carbocycles. The van der Waals surface area contributed by atoms with Crippen LogP contribution in [0, 0.1) is 0 Å². The van der Waals surface area contributed by atoms with Gasteiger partial charge in [0, 0.05) is 27.6 Å². The number of rotatable bonds is 5. The van der Waals surface area contributed by atoms with Crippen LogP contribution >= 0.6 is 0 Å². The maximum Gasteiger partial charge on any atom is 0.160 e. The third kappa shape index (κ3) is 4.74. The standard InChI is InChI=1S/C55H34N2O/c1-3-16-35(17-4-1)37-20-15-21-39(32-37)49-34-50(57-54(56-49)36-18-5-2-6-19-36)42-24-8-7-22-40(42)38-30-31-48-45(33-38)41-23-9-12-27-46(41)55(48)47-28-13-10-25-43(47)52-44-26-11-14-29-51(44)58-53(52)55/h1-34H. The van der Waals surface area contributed by atoms with Crippen molar-refractivity contribution < 1.29 is 4.42 Å². The molecule has 270 valence electrons. The summed E-state index contributed by atoms with van der Waals surface area (Å²) in [5, 5.41) is 1.16. The lowest BCUT2D eigenvalue weighted by Crippen LogP contribution is -2.25. The van der Waals surface area contributed by atoms with E-state index in [1.54, 1.807) is 0 Å². The van der Waals surface area contributed by atoms with Crippen molar-refractivity contribution in [2.45, 2.75) is 5.41 Å². The fourth-order valence-electron chi connectivity index (χ4n) is 9.61. The Morgan fingerprint density at radius 3 is 1.74 bits per heavy atom. The molecule has 1 unspecified atom stereocenters. The van der Waals surface area contributed by atoms with Gasteiger partial charge in [0.25, 0.3) is 0 Å². The molecule has 2 aliphatic carbocycles. The average Bonchev–Trinajstić information content (AvgIpc) is 3.93. The van der Waals surface area contributed by atoms with Crippen LogP contribution in [-0.2, 0) is 5.41 Å². The molecule has 12 rings (SSSR count). The Kier molecular flexibility index (Phi) is 7.14. The van der Waals surface area contributed by atoms with Gasteiger partial charge >= 0.3 is 0 Å². The molecule has 2 aliphatic rings. The van der Waals surface area contributed by atoms with E-state index in [0.717, 1.165) is 61.5 Å². The van der Waals surface area contributed by atoms with Gasteiger partial charge in [-0.25, -0.2) is 9.97 Å². The molecule has 2 aromatic heterocycles. The van der Waals surface area contributed by atoms with Gasteiger partial charge in [0.2, 0.25) is 0 Å². The Morgan fingerprint density at radius 2 is 0.931 bits per heavy atom. The lowest BCUT2D eigenvalue weighted by Gasteiger charge is -2.28. The fourth-order valence-corrected chi connectivity index (χ4v) is 9.61. The highest BCUT2D eigenvalue weighted by molar-refractivity contribution is 6.05. The van der Waals surface area contributed by atoms with Gasteiger partial charge in [-0.1, -0.05) is 182 Å². The molecule has 58 heavy (non-hydrogen) atoms. The van der Waals surface area contributed by atoms with Crippen molar-refractivity contribution in [3.05, 3.63) is 229 Å². The summed E-state index contributed by atoms with van der Waals surface area (Å²) < 4.78 is 6.95. The first-order valence-electron chi connectivity index (χ1n) is 19.8. The van der Waals surface area contributed by atoms with Crippen molar-refractivity contribution >= 4 is 11.0 Å². The van der Waals surface area contributed by atoms with E-state index in [1.807, 2.05) is 18.2 Å². The van der Waals surface area contributed by atoms with E-state index < -0.39 is 5.41 Å². The number of hydrogen-bond acceptors (Lipinski definition) is 3. The molecule has 3 nitrogen and oxygen atoms in total. The zero-order valence-electron chi connectivity index (χ0n) is 31.4. The molecule has 10 aromatic rings. The number of hydrogen-bond donors (Lipinski definition) is 0. The van der Waals surface area contributed by atoms with Gasteiger partial charge in [-0.15, -0.1) is 0 Å². The summed E-state index contributed by atoms with van der Waals surface area (Å²) >= 11 is 0. The van der Waals surface area contributed by atoms with Crippen LogP contribution in [0.25, 0.3) is 89.4 Å². The second kappa shape index (κ2) is 12.7. The summed E-state index contributed by atoms with van der Waals surface area (Å²) in [6.07, 6.45) is 0. The molecule has 1 spiro atoms. The van der Waals surface area contributed by atoms with Gasteiger partial charge in [-0.05, 0) is 79.9 Å². The maximum absolute atomic E-state index is 6.95. The molecule has 0 amide bonds. The van der Waals surface area contributed by atoms with E-state index in [4.69, 9.17) is 14.4 Å². The van der Waals surface area contributed by atoms with E-state index in [1.165, 1.54) is 44.5 Å². The van der Waals surface area contributed by atoms with E-state index in [2.05, 4.69) is 188 Å². The molecule has 0 N–H and O–H groups in total. The van der Waals surface area contributed by atoms with Gasteiger partial charge in [0.05, 0.1) is 11.4 Å². The van der Waals surface area contributed by atoms with Crippen LogP contribution in [0.5, 0.6) is 0 Å².